The second kappa shape index (κ2) is 5.25. The average Bonchev–Trinajstić information content (AvgIpc) is 2.87. The number of hydrogen-bond donors (Lipinski definition) is 1. The van der Waals surface area contributed by atoms with E-state index in [1.807, 2.05) is 13.2 Å². The first-order chi connectivity index (χ1) is 10.0. The van der Waals surface area contributed by atoms with Gasteiger partial charge in [0.1, 0.15) is 11.6 Å². The predicted octanol–water partition coefficient (Wildman–Crippen LogP) is 3.03. The number of aromatic nitrogens is 4. The summed E-state index contributed by atoms with van der Waals surface area (Å²) in [4.78, 5) is 8.63. The summed E-state index contributed by atoms with van der Waals surface area (Å²) in [5.74, 6) is 0.317. The predicted molar refractivity (Wildman–Crippen MR) is 81.7 cm³/mol. The Morgan fingerprint density at radius 2 is 2.05 bits per heavy atom. The van der Waals surface area contributed by atoms with Crippen LogP contribution in [0.4, 0.5) is 10.2 Å². The van der Waals surface area contributed by atoms with Crippen molar-refractivity contribution in [1.29, 1.82) is 0 Å². The Hall–Kier alpha value is -2.28. The molecule has 5 nitrogen and oxygen atoms in total. The van der Waals surface area contributed by atoms with Crippen molar-refractivity contribution in [2.45, 2.75) is 0 Å². The van der Waals surface area contributed by atoms with Gasteiger partial charge in [-0.15, -0.1) is 0 Å². The number of hydrogen-bond acceptors (Lipinski definition) is 4. The molecule has 21 heavy (non-hydrogen) atoms. The van der Waals surface area contributed by atoms with Crippen LogP contribution in [0, 0.1) is 5.82 Å². The van der Waals surface area contributed by atoms with E-state index in [1.165, 1.54) is 12.1 Å². The Labute approximate surface area is 128 Å². The molecule has 3 rings (SSSR count). The number of rotatable bonds is 2. The Bertz CT molecular complexity index is 815. The van der Waals surface area contributed by atoms with Gasteiger partial charge in [0.25, 0.3) is 0 Å². The molecule has 0 atom stereocenters. The topological polar surface area (TPSA) is 69.6 Å². The molecule has 2 N–H and O–H groups in total. The Morgan fingerprint density at radius 1 is 1.24 bits per heavy atom. The first kappa shape index (κ1) is 13.7. The molecule has 1 aromatic carbocycles. The molecular formula is C14H11BrFN5. The summed E-state index contributed by atoms with van der Waals surface area (Å²) in [5.41, 5.74) is 7.85. The minimum Gasteiger partial charge on any atom is -0.384 e. The van der Waals surface area contributed by atoms with Gasteiger partial charge in [-0.3, -0.25) is 4.68 Å². The quantitative estimate of drug-likeness (QED) is 0.773. The summed E-state index contributed by atoms with van der Waals surface area (Å²) < 4.78 is 15.8. The number of benzene rings is 1. The van der Waals surface area contributed by atoms with Crippen molar-refractivity contribution in [3.8, 4) is 22.6 Å². The lowest BCUT2D eigenvalue weighted by molar-refractivity contribution is 0.628. The van der Waals surface area contributed by atoms with E-state index in [-0.39, 0.29) is 5.82 Å². The van der Waals surface area contributed by atoms with Gasteiger partial charge in [-0.2, -0.15) is 5.10 Å². The lowest BCUT2D eigenvalue weighted by Gasteiger charge is -2.06. The smallest absolute Gasteiger partial charge is 0.163 e. The zero-order valence-corrected chi connectivity index (χ0v) is 12.7. The Morgan fingerprint density at radius 3 is 2.76 bits per heavy atom. The van der Waals surface area contributed by atoms with E-state index in [0.717, 1.165) is 5.56 Å². The molecule has 0 unspecified atom stereocenters. The minimum absolute atomic E-state index is 0.315. The highest BCUT2D eigenvalue weighted by atomic mass is 79.9. The Kier molecular flexibility index (Phi) is 3.42. The summed E-state index contributed by atoms with van der Waals surface area (Å²) in [5, 5.41) is 4.10. The third kappa shape index (κ3) is 2.78. The molecule has 0 aliphatic rings. The number of nitrogens with two attached hydrogens (primary N) is 1. The van der Waals surface area contributed by atoms with Crippen LogP contribution < -0.4 is 5.73 Å². The van der Waals surface area contributed by atoms with Gasteiger partial charge in [0.2, 0.25) is 0 Å². The van der Waals surface area contributed by atoms with Crippen molar-refractivity contribution in [3.63, 3.8) is 0 Å². The highest BCUT2D eigenvalue weighted by Crippen LogP contribution is 2.29. The largest absolute Gasteiger partial charge is 0.384 e. The molecule has 0 amide bonds. The van der Waals surface area contributed by atoms with Crippen LogP contribution in [0.15, 0.2) is 41.1 Å². The number of halogens is 2. The zero-order valence-electron chi connectivity index (χ0n) is 11.1. The van der Waals surface area contributed by atoms with E-state index in [9.17, 15) is 4.39 Å². The van der Waals surface area contributed by atoms with Crippen LogP contribution in [-0.2, 0) is 7.05 Å². The molecule has 7 heteroatoms. The van der Waals surface area contributed by atoms with Crippen LogP contribution in [0.25, 0.3) is 22.6 Å². The molecule has 0 bridgehead atoms. The van der Waals surface area contributed by atoms with Gasteiger partial charge in [-0.25, -0.2) is 14.4 Å². The SMILES string of the molecule is Cn1cc(-c2cc(N)nc(-c3cc(F)ccc3Br)n2)cn1. The molecule has 0 radical (unpaired) electrons. The van der Waals surface area contributed by atoms with Gasteiger partial charge >= 0.3 is 0 Å². The number of nitrogens with zero attached hydrogens (tertiary/aromatic N) is 4. The fourth-order valence-corrected chi connectivity index (χ4v) is 2.38. The van der Waals surface area contributed by atoms with Gasteiger partial charge in [-0.1, -0.05) is 15.9 Å². The van der Waals surface area contributed by atoms with Gasteiger partial charge in [0.15, 0.2) is 5.82 Å². The highest BCUT2D eigenvalue weighted by molar-refractivity contribution is 9.10. The van der Waals surface area contributed by atoms with Gasteiger partial charge < -0.3 is 5.73 Å². The monoisotopic (exact) mass is 347 g/mol. The molecule has 2 heterocycles. The van der Waals surface area contributed by atoms with Crippen molar-refractivity contribution in [1.82, 2.24) is 19.7 Å². The number of anilines is 1. The second-order valence-corrected chi connectivity index (χ2v) is 5.38. The normalized spacial score (nSPS) is 10.8. The fourth-order valence-electron chi connectivity index (χ4n) is 1.96. The van der Waals surface area contributed by atoms with Crippen molar-refractivity contribution < 1.29 is 4.39 Å². The molecular weight excluding hydrogens is 337 g/mol. The summed E-state index contributed by atoms with van der Waals surface area (Å²) >= 11 is 3.37. The van der Waals surface area contributed by atoms with E-state index < -0.39 is 0 Å². The standard InChI is InChI=1S/C14H11BrFN5/c1-21-7-8(6-18-21)12-5-13(17)20-14(19-12)10-4-9(16)2-3-11(10)15/h2-7H,1H3,(H2,17,19,20). The third-order valence-corrected chi connectivity index (χ3v) is 3.61. The van der Waals surface area contributed by atoms with Gasteiger partial charge in [-0.05, 0) is 18.2 Å². The molecule has 0 aliphatic carbocycles. The summed E-state index contributed by atoms with van der Waals surface area (Å²) in [6.07, 6.45) is 3.51. The average molecular weight is 348 g/mol. The van der Waals surface area contributed by atoms with Crippen LogP contribution in [-0.4, -0.2) is 19.7 Å². The van der Waals surface area contributed by atoms with Gasteiger partial charge in [0, 0.05) is 34.9 Å². The fraction of sp³-hybridized carbons (Fsp3) is 0.0714. The second-order valence-electron chi connectivity index (χ2n) is 4.53. The lowest BCUT2D eigenvalue weighted by atomic mass is 10.2. The van der Waals surface area contributed by atoms with Crippen molar-refractivity contribution >= 4 is 21.7 Å². The summed E-state index contributed by atoms with van der Waals surface area (Å²) in [6.45, 7) is 0. The van der Waals surface area contributed by atoms with Crippen LogP contribution >= 0.6 is 15.9 Å². The third-order valence-electron chi connectivity index (χ3n) is 2.92. The van der Waals surface area contributed by atoms with E-state index in [0.29, 0.717) is 27.4 Å². The molecule has 106 valence electrons. The van der Waals surface area contributed by atoms with Crippen LogP contribution in [0.2, 0.25) is 0 Å². The first-order valence-corrected chi connectivity index (χ1v) is 6.91. The van der Waals surface area contributed by atoms with E-state index >= 15 is 0 Å². The van der Waals surface area contributed by atoms with Crippen LogP contribution in [0.1, 0.15) is 0 Å². The molecule has 3 aromatic rings. The molecule has 0 fully saturated rings. The number of nitrogen functional groups attached to an aromatic ring is 1. The van der Waals surface area contributed by atoms with Crippen LogP contribution in [0.5, 0.6) is 0 Å². The molecule has 0 spiro atoms. The Balaban J connectivity index is 2.16. The van der Waals surface area contributed by atoms with Crippen LogP contribution in [0.3, 0.4) is 0 Å². The molecule has 2 aromatic heterocycles. The maximum absolute atomic E-state index is 13.4. The first-order valence-electron chi connectivity index (χ1n) is 6.12. The van der Waals surface area contributed by atoms with Crippen molar-refractivity contribution in [3.05, 3.63) is 46.9 Å². The molecule has 0 saturated carbocycles. The van der Waals surface area contributed by atoms with Gasteiger partial charge in [0.05, 0.1) is 11.9 Å². The maximum Gasteiger partial charge on any atom is 0.163 e. The zero-order chi connectivity index (χ0) is 15.0. The molecule has 0 saturated heterocycles. The summed E-state index contributed by atoms with van der Waals surface area (Å²) in [7, 11) is 1.82. The lowest BCUT2D eigenvalue weighted by Crippen LogP contribution is -1.98. The summed E-state index contributed by atoms with van der Waals surface area (Å²) in [6, 6.07) is 6.00. The maximum atomic E-state index is 13.4. The van der Waals surface area contributed by atoms with Crippen molar-refractivity contribution in [2.75, 3.05) is 5.73 Å². The van der Waals surface area contributed by atoms with E-state index in [2.05, 4.69) is 31.0 Å². The van der Waals surface area contributed by atoms with E-state index in [1.54, 1.807) is 23.0 Å². The highest BCUT2D eigenvalue weighted by Gasteiger charge is 2.12. The number of aryl methyl sites for hydroxylation is 1. The molecule has 0 aliphatic heterocycles. The van der Waals surface area contributed by atoms with Crippen molar-refractivity contribution in [2.24, 2.45) is 7.05 Å². The van der Waals surface area contributed by atoms with E-state index in [4.69, 9.17) is 5.73 Å². The minimum atomic E-state index is -0.359.